The van der Waals surface area contributed by atoms with Crippen LogP contribution in [0.2, 0.25) is 0 Å². The summed E-state index contributed by atoms with van der Waals surface area (Å²) in [5.41, 5.74) is 1.12. The number of benzene rings is 1. The monoisotopic (exact) mass is 274 g/mol. The molecule has 20 heavy (non-hydrogen) atoms. The SMILES string of the molecule is CC1(C)OC(=O)C=C(CC(=O)CCc2ccccc2)O1. The molecule has 0 bridgehead atoms. The Morgan fingerprint density at radius 1 is 1.15 bits per heavy atom. The van der Waals surface area contributed by atoms with Crippen molar-refractivity contribution >= 4 is 11.8 Å². The molecule has 0 unspecified atom stereocenters. The second-order valence-corrected chi connectivity index (χ2v) is 5.23. The van der Waals surface area contributed by atoms with Gasteiger partial charge in [-0.2, -0.15) is 0 Å². The van der Waals surface area contributed by atoms with Gasteiger partial charge in [0.25, 0.3) is 0 Å². The highest BCUT2D eigenvalue weighted by atomic mass is 16.7. The molecule has 0 fully saturated rings. The number of cyclic esters (lactones) is 1. The van der Waals surface area contributed by atoms with Crippen LogP contribution in [0.3, 0.4) is 0 Å². The van der Waals surface area contributed by atoms with E-state index in [1.807, 2.05) is 30.3 Å². The number of Topliss-reactive ketones (excluding diaryl/α,β-unsaturated/α-hetero) is 1. The predicted octanol–water partition coefficient (Wildman–Crippen LogP) is 2.77. The van der Waals surface area contributed by atoms with Gasteiger partial charge in [0.2, 0.25) is 5.79 Å². The Bertz CT molecular complexity index is 529. The fraction of sp³-hybridized carbons (Fsp3) is 0.375. The van der Waals surface area contributed by atoms with Gasteiger partial charge in [0.1, 0.15) is 11.5 Å². The highest BCUT2D eigenvalue weighted by Crippen LogP contribution is 2.24. The zero-order valence-electron chi connectivity index (χ0n) is 11.7. The molecule has 4 heteroatoms. The maximum Gasteiger partial charge on any atom is 0.337 e. The van der Waals surface area contributed by atoms with Gasteiger partial charge in [0.05, 0.1) is 12.5 Å². The Kier molecular flexibility index (Phi) is 4.23. The summed E-state index contributed by atoms with van der Waals surface area (Å²) in [5.74, 6) is -1.04. The molecule has 1 aromatic carbocycles. The molecule has 0 saturated carbocycles. The molecule has 0 spiro atoms. The standard InChI is InChI=1S/C16H18O4/c1-16(2)19-14(11-15(18)20-16)10-13(17)9-8-12-6-4-3-5-7-12/h3-7,11H,8-10H2,1-2H3. The molecule has 1 heterocycles. The van der Waals surface area contributed by atoms with Crippen LogP contribution in [0.25, 0.3) is 0 Å². The molecule has 0 N–H and O–H groups in total. The number of aryl methyl sites for hydroxylation is 1. The van der Waals surface area contributed by atoms with E-state index in [0.717, 1.165) is 5.56 Å². The number of ketones is 1. The summed E-state index contributed by atoms with van der Waals surface area (Å²) in [6, 6.07) is 9.82. The van der Waals surface area contributed by atoms with E-state index < -0.39 is 11.8 Å². The second kappa shape index (κ2) is 5.90. The minimum absolute atomic E-state index is 0.0469. The molecule has 1 aliphatic heterocycles. The molecule has 4 nitrogen and oxygen atoms in total. The van der Waals surface area contributed by atoms with Crippen molar-refractivity contribution in [1.82, 2.24) is 0 Å². The summed E-state index contributed by atoms with van der Waals surface area (Å²) >= 11 is 0. The number of ether oxygens (including phenoxy) is 2. The number of rotatable bonds is 5. The number of allylic oxidation sites excluding steroid dienone is 1. The zero-order chi connectivity index (χ0) is 14.6. The number of carbonyl (C=O) groups excluding carboxylic acids is 2. The van der Waals surface area contributed by atoms with E-state index in [0.29, 0.717) is 18.6 Å². The lowest BCUT2D eigenvalue weighted by Gasteiger charge is -2.30. The van der Waals surface area contributed by atoms with E-state index in [1.54, 1.807) is 13.8 Å². The van der Waals surface area contributed by atoms with Gasteiger partial charge >= 0.3 is 5.97 Å². The van der Waals surface area contributed by atoms with Gasteiger partial charge in [-0.25, -0.2) is 4.79 Å². The summed E-state index contributed by atoms with van der Waals surface area (Å²) in [7, 11) is 0. The summed E-state index contributed by atoms with van der Waals surface area (Å²) in [6.45, 7) is 3.29. The van der Waals surface area contributed by atoms with E-state index in [4.69, 9.17) is 9.47 Å². The van der Waals surface area contributed by atoms with Crippen LogP contribution in [-0.2, 0) is 25.5 Å². The Morgan fingerprint density at radius 3 is 2.50 bits per heavy atom. The van der Waals surface area contributed by atoms with E-state index in [1.165, 1.54) is 6.08 Å². The van der Waals surface area contributed by atoms with E-state index in [-0.39, 0.29) is 12.2 Å². The van der Waals surface area contributed by atoms with Crippen molar-refractivity contribution in [3.05, 3.63) is 47.7 Å². The van der Waals surface area contributed by atoms with Gasteiger partial charge in [-0.1, -0.05) is 30.3 Å². The smallest absolute Gasteiger partial charge is 0.337 e. The largest absolute Gasteiger partial charge is 0.456 e. The van der Waals surface area contributed by atoms with E-state index in [2.05, 4.69) is 0 Å². The third-order valence-corrected chi connectivity index (χ3v) is 2.91. The number of hydrogen-bond donors (Lipinski definition) is 0. The van der Waals surface area contributed by atoms with Crippen LogP contribution in [0.15, 0.2) is 42.2 Å². The summed E-state index contributed by atoms with van der Waals surface area (Å²) < 4.78 is 10.4. The second-order valence-electron chi connectivity index (χ2n) is 5.23. The van der Waals surface area contributed by atoms with Crippen molar-refractivity contribution in [1.29, 1.82) is 0 Å². The Labute approximate surface area is 118 Å². The van der Waals surface area contributed by atoms with Crippen LogP contribution in [0.1, 0.15) is 32.3 Å². The van der Waals surface area contributed by atoms with Crippen LogP contribution in [0.4, 0.5) is 0 Å². The van der Waals surface area contributed by atoms with Gasteiger partial charge in [-0.05, 0) is 12.0 Å². The average molecular weight is 274 g/mol. The fourth-order valence-corrected chi connectivity index (χ4v) is 2.07. The molecule has 1 aliphatic rings. The number of carbonyl (C=O) groups is 2. The van der Waals surface area contributed by atoms with Gasteiger partial charge < -0.3 is 9.47 Å². The number of esters is 1. The first-order chi connectivity index (χ1) is 9.44. The summed E-state index contributed by atoms with van der Waals surface area (Å²) in [4.78, 5) is 23.3. The third kappa shape index (κ3) is 4.23. The molecule has 0 radical (unpaired) electrons. The van der Waals surface area contributed by atoms with Crippen molar-refractivity contribution in [2.45, 2.75) is 38.9 Å². The molecule has 0 saturated heterocycles. The van der Waals surface area contributed by atoms with Crippen molar-refractivity contribution in [2.75, 3.05) is 0 Å². The van der Waals surface area contributed by atoms with Gasteiger partial charge in [-0.15, -0.1) is 0 Å². The molecule has 0 amide bonds. The maximum absolute atomic E-state index is 11.9. The Balaban J connectivity index is 1.87. The minimum atomic E-state index is -0.999. The lowest BCUT2D eigenvalue weighted by molar-refractivity contribution is -0.205. The highest BCUT2D eigenvalue weighted by molar-refractivity contribution is 5.86. The maximum atomic E-state index is 11.9. The molecule has 0 atom stereocenters. The van der Waals surface area contributed by atoms with Gasteiger partial charge in [-0.3, -0.25) is 4.79 Å². The third-order valence-electron chi connectivity index (χ3n) is 2.91. The van der Waals surface area contributed by atoms with Crippen molar-refractivity contribution < 1.29 is 19.1 Å². The lowest BCUT2D eigenvalue weighted by Crippen LogP contribution is -2.34. The zero-order valence-corrected chi connectivity index (χ0v) is 11.7. The first kappa shape index (κ1) is 14.3. The minimum Gasteiger partial charge on any atom is -0.456 e. The summed E-state index contributed by atoms with van der Waals surface area (Å²) in [5, 5.41) is 0. The normalized spacial score (nSPS) is 16.9. The summed E-state index contributed by atoms with van der Waals surface area (Å²) in [6.07, 6.45) is 2.50. The lowest BCUT2D eigenvalue weighted by atomic mass is 10.1. The highest BCUT2D eigenvalue weighted by Gasteiger charge is 2.30. The van der Waals surface area contributed by atoms with Crippen LogP contribution in [0, 0.1) is 0 Å². The molecule has 0 aromatic heterocycles. The van der Waals surface area contributed by atoms with E-state index in [9.17, 15) is 9.59 Å². The number of hydrogen-bond acceptors (Lipinski definition) is 4. The van der Waals surface area contributed by atoms with Crippen molar-refractivity contribution in [2.24, 2.45) is 0 Å². The van der Waals surface area contributed by atoms with Crippen LogP contribution in [-0.4, -0.2) is 17.5 Å². The average Bonchev–Trinajstić information content (AvgIpc) is 2.35. The molecule has 106 valence electrons. The van der Waals surface area contributed by atoms with Gasteiger partial charge in [0, 0.05) is 20.3 Å². The van der Waals surface area contributed by atoms with Crippen molar-refractivity contribution in [3.63, 3.8) is 0 Å². The molecule has 1 aromatic rings. The first-order valence-corrected chi connectivity index (χ1v) is 6.63. The molecular weight excluding hydrogens is 256 g/mol. The molecule has 2 rings (SSSR count). The predicted molar refractivity (Wildman–Crippen MR) is 73.7 cm³/mol. The van der Waals surface area contributed by atoms with Crippen LogP contribution >= 0.6 is 0 Å². The van der Waals surface area contributed by atoms with Crippen molar-refractivity contribution in [3.8, 4) is 0 Å². The van der Waals surface area contributed by atoms with Crippen LogP contribution in [0.5, 0.6) is 0 Å². The van der Waals surface area contributed by atoms with Crippen LogP contribution < -0.4 is 0 Å². The molecule has 0 aliphatic carbocycles. The van der Waals surface area contributed by atoms with E-state index >= 15 is 0 Å². The fourth-order valence-electron chi connectivity index (χ4n) is 2.07. The topological polar surface area (TPSA) is 52.6 Å². The van der Waals surface area contributed by atoms with Gasteiger partial charge in [0.15, 0.2) is 0 Å². The Morgan fingerprint density at radius 2 is 1.85 bits per heavy atom. The molecular formula is C16H18O4. The quantitative estimate of drug-likeness (QED) is 0.775. The Hall–Kier alpha value is -2.10. The first-order valence-electron chi connectivity index (χ1n) is 6.63.